The summed E-state index contributed by atoms with van der Waals surface area (Å²) in [6.45, 7) is 1.98. The Bertz CT molecular complexity index is 1180. The predicted molar refractivity (Wildman–Crippen MR) is 122 cm³/mol. The van der Waals surface area contributed by atoms with Crippen LogP contribution in [-0.2, 0) is 0 Å². The molecule has 2 N–H and O–H groups in total. The Morgan fingerprint density at radius 1 is 1.00 bits per heavy atom. The average Bonchev–Trinajstić information content (AvgIpc) is 2.77. The molecule has 0 unspecified atom stereocenters. The van der Waals surface area contributed by atoms with Crippen LogP contribution in [0.4, 0.5) is 17.3 Å². The fourth-order valence-electron chi connectivity index (χ4n) is 2.85. The van der Waals surface area contributed by atoms with Crippen LogP contribution in [-0.4, -0.2) is 20.9 Å². The van der Waals surface area contributed by atoms with Gasteiger partial charge in [0.2, 0.25) is 5.95 Å². The number of carbonyl (C=O) groups excluding carboxylic acids is 1. The van der Waals surface area contributed by atoms with E-state index in [4.69, 9.17) is 0 Å². The quantitative estimate of drug-likeness (QED) is 0.405. The normalized spacial score (nSPS) is 10.5. The highest BCUT2D eigenvalue weighted by molar-refractivity contribution is 9.10. The third kappa shape index (κ3) is 4.69. The summed E-state index contributed by atoms with van der Waals surface area (Å²) in [6, 6.07) is 18.5. The second kappa shape index (κ2) is 8.84. The molecule has 0 saturated heterocycles. The van der Waals surface area contributed by atoms with E-state index in [1.807, 2.05) is 55.5 Å². The summed E-state index contributed by atoms with van der Waals surface area (Å²) in [4.78, 5) is 25.5. The van der Waals surface area contributed by atoms with E-state index in [-0.39, 0.29) is 5.91 Å². The summed E-state index contributed by atoms with van der Waals surface area (Å²) in [5.41, 5.74) is 4.77. The number of rotatable bonds is 5. The maximum atomic E-state index is 12.5. The number of halogens is 1. The second-order valence-corrected chi connectivity index (χ2v) is 7.54. The Morgan fingerprint density at radius 3 is 2.60 bits per heavy atom. The summed E-state index contributed by atoms with van der Waals surface area (Å²) < 4.78 is 0.925. The van der Waals surface area contributed by atoms with Crippen LogP contribution in [0.3, 0.4) is 0 Å². The molecule has 0 atom stereocenters. The van der Waals surface area contributed by atoms with Crippen molar-refractivity contribution in [2.75, 3.05) is 10.6 Å². The molecule has 4 aromatic rings. The van der Waals surface area contributed by atoms with Crippen LogP contribution >= 0.6 is 15.9 Å². The average molecular weight is 460 g/mol. The molecule has 148 valence electrons. The fourth-order valence-corrected chi connectivity index (χ4v) is 3.12. The number of aromatic nitrogens is 3. The van der Waals surface area contributed by atoms with Gasteiger partial charge in [-0.05, 0) is 67.1 Å². The van der Waals surface area contributed by atoms with Crippen molar-refractivity contribution in [3.63, 3.8) is 0 Å². The lowest BCUT2D eigenvalue weighted by molar-refractivity contribution is 0.102. The van der Waals surface area contributed by atoms with E-state index in [9.17, 15) is 4.79 Å². The zero-order chi connectivity index (χ0) is 20.9. The molecule has 0 fully saturated rings. The topological polar surface area (TPSA) is 79.8 Å². The molecule has 0 radical (unpaired) electrons. The number of amides is 1. The van der Waals surface area contributed by atoms with Crippen molar-refractivity contribution in [2.24, 2.45) is 0 Å². The maximum Gasteiger partial charge on any atom is 0.255 e. The molecule has 1 amide bonds. The number of nitrogens with one attached hydrogen (secondary N) is 2. The third-order valence-corrected chi connectivity index (χ3v) is 4.99. The van der Waals surface area contributed by atoms with E-state index >= 15 is 0 Å². The predicted octanol–water partition coefficient (Wildman–Crippen LogP) is 5.61. The Hall–Kier alpha value is -3.58. The number of hydrogen-bond acceptors (Lipinski definition) is 5. The number of benzene rings is 2. The first-order valence-electron chi connectivity index (χ1n) is 9.26. The third-order valence-electron chi connectivity index (χ3n) is 4.46. The lowest BCUT2D eigenvalue weighted by atomic mass is 10.1. The summed E-state index contributed by atoms with van der Waals surface area (Å²) in [6.07, 6.45) is 5.18. The summed E-state index contributed by atoms with van der Waals surface area (Å²) in [5, 5.41) is 6.17. The van der Waals surface area contributed by atoms with E-state index in [1.54, 1.807) is 30.7 Å². The molecule has 0 saturated carbocycles. The van der Waals surface area contributed by atoms with Gasteiger partial charge < -0.3 is 10.6 Å². The molecule has 0 bridgehead atoms. The molecule has 0 aliphatic rings. The Labute approximate surface area is 182 Å². The van der Waals surface area contributed by atoms with E-state index in [0.29, 0.717) is 17.2 Å². The van der Waals surface area contributed by atoms with Crippen molar-refractivity contribution in [3.8, 4) is 11.3 Å². The lowest BCUT2D eigenvalue weighted by Gasteiger charge is -2.12. The van der Waals surface area contributed by atoms with Gasteiger partial charge in [-0.3, -0.25) is 9.78 Å². The molecule has 0 aliphatic carbocycles. The largest absolute Gasteiger partial charge is 0.324 e. The van der Waals surface area contributed by atoms with Crippen LogP contribution in [0.15, 0.2) is 83.7 Å². The van der Waals surface area contributed by atoms with Gasteiger partial charge in [-0.15, -0.1) is 0 Å². The van der Waals surface area contributed by atoms with Gasteiger partial charge in [0.15, 0.2) is 0 Å². The fraction of sp³-hybridized carbons (Fsp3) is 0.0435. The van der Waals surface area contributed by atoms with E-state index in [0.717, 1.165) is 27.0 Å². The van der Waals surface area contributed by atoms with Gasteiger partial charge in [0.25, 0.3) is 5.91 Å². The number of nitrogens with zero attached hydrogens (tertiary/aromatic N) is 3. The van der Waals surface area contributed by atoms with Crippen molar-refractivity contribution in [3.05, 3.63) is 94.9 Å². The summed E-state index contributed by atoms with van der Waals surface area (Å²) in [5.74, 6) is 0.294. The zero-order valence-corrected chi connectivity index (χ0v) is 17.7. The summed E-state index contributed by atoms with van der Waals surface area (Å²) >= 11 is 3.38. The minimum absolute atomic E-state index is 0.174. The highest BCUT2D eigenvalue weighted by Gasteiger charge is 2.09. The van der Waals surface area contributed by atoms with Gasteiger partial charge in [0.05, 0.1) is 5.69 Å². The molecule has 7 heteroatoms. The molecule has 30 heavy (non-hydrogen) atoms. The highest BCUT2D eigenvalue weighted by Crippen LogP contribution is 2.24. The number of pyridine rings is 1. The van der Waals surface area contributed by atoms with Gasteiger partial charge in [-0.1, -0.05) is 22.0 Å². The Balaban J connectivity index is 1.54. The smallest absolute Gasteiger partial charge is 0.255 e. The van der Waals surface area contributed by atoms with Crippen molar-refractivity contribution in [2.45, 2.75) is 6.92 Å². The Morgan fingerprint density at radius 2 is 1.83 bits per heavy atom. The standard InChI is InChI=1S/C23H18BrN5O/c1-15-4-9-19(27-22(30)16-5-7-18(24)8-6-16)13-21(15)29-23-26-12-10-20(28-23)17-3-2-11-25-14-17/h2-14H,1H3,(H,27,30)(H,26,28,29). The van der Waals surface area contributed by atoms with Crippen molar-refractivity contribution >= 4 is 39.2 Å². The second-order valence-electron chi connectivity index (χ2n) is 6.62. The number of hydrogen-bond donors (Lipinski definition) is 2. The van der Waals surface area contributed by atoms with E-state index in [2.05, 4.69) is 41.5 Å². The molecule has 6 nitrogen and oxygen atoms in total. The van der Waals surface area contributed by atoms with Gasteiger partial charge in [0.1, 0.15) is 0 Å². The minimum atomic E-state index is -0.174. The zero-order valence-electron chi connectivity index (χ0n) is 16.1. The van der Waals surface area contributed by atoms with Crippen molar-refractivity contribution in [1.82, 2.24) is 15.0 Å². The van der Waals surface area contributed by atoms with Crippen LogP contribution < -0.4 is 10.6 Å². The van der Waals surface area contributed by atoms with Gasteiger partial charge in [-0.2, -0.15) is 0 Å². The molecule has 4 rings (SSSR count). The van der Waals surface area contributed by atoms with Crippen LogP contribution in [0.2, 0.25) is 0 Å². The monoisotopic (exact) mass is 459 g/mol. The van der Waals surface area contributed by atoms with Crippen LogP contribution in [0.5, 0.6) is 0 Å². The number of carbonyl (C=O) groups is 1. The number of aryl methyl sites for hydroxylation is 1. The summed E-state index contributed by atoms with van der Waals surface area (Å²) in [7, 11) is 0. The van der Waals surface area contributed by atoms with Crippen LogP contribution in [0.1, 0.15) is 15.9 Å². The molecule has 2 aromatic heterocycles. The molecular weight excluding hydrogens is 442 g/mol. The first-order valence-corrected chi connectivity index (χ1v) is 10.1. The Kier molecular flexibility index (Phi) is 5.81. The molecule has 2 aromatic carbocycles. The van der Waals surface area contributed by atoms with Gasteiger partial charge in [-0.25, -0.2) is 9.97 Å². The lowest BCUT2D eigenvalue weighted by Crippen LogP contribution is -2.12. The molecular formula is C23H18BrN5O. The molecule has 0 aliphatic heterocycles. The van der Waals surface area contributed by atoms with E-state index in [1.165, 1.54) is 0 Å². The van der Waals surface area contributed by atoms with Crippen molar-refractivity contribution < 1.29 is 4.79 Å². The van der Waals surface area contributed by atoms with E-state index < -0.39 is 0 Å². The van der Waals surface area contributed by atoms with Crippen LogP contribution in [0, 0.1) is 6.92 Å². The highest BCUT2D eigenvalue weighted by atomic mass is 79.9. The first kappa shape index (κ1) is 19.7. The first-order chi connectivity index (χ1) is 14.6. The van der Waals surface area contributed by atoms with Crippen molar-refractivity contribution in [1.29, 1.82) is 0 Å². The van der Waals surface area contributed by atoms with Gasteiger partial charge >= 0.3 is 0 Å². The number of anilines is 3. The molecule has 0 spiro atoms. The minimum Gasteiger partial charge on any atom is -0.324 e. The SMILES string of the molecule is Cc1ccc(NC(=O)c2ccc(Br)cc2)cc1Nc1nccc(-c2cccnc2)n1. The molecule has 2 heterocycles. The maximum absolute atomic E-state index is 12.5. The van der Waals surface area contributed by atoms with Crippen LogP contribution in [0.25, 0.3) is 11.3 Å². The van der Waals surface area contributed by atoms with Gasteiger partial charge in [0, 0.05) is 45.6 Å².